The Bertz CT molecular complexity index is 882. The monoisotopic (exact) mass is 348 g/mol. The molecule has 1 aromatic carbocycles. The van der Waals surface area contributed by atoms with Gasteiger partial charge in [-0.15, -0.1) is 5.10 Å². The lowest BCUT2D eigenvalue weighted by molar-refractivity contribution is 0.426. The molecule has 126 valence electrons. The van der Waals surface area contributed by atoms with E-state index in [4.69, 9.17) is 4.52 Å². The normalized spacial score (nSPS) is 11.1. The lowest BCUT2D eigenvalue weighted by atomic mass is 10.1. The summed E-state index contributed by atoms with van der Waals surface area (Å²) in [5, 5.41) is 11.2. The molecular formula is C16H17FN4O2S. The van der Waals surface area contributed by atoms with Crippen molar-refractivity contribution in [2.24, 2.45) is 0 Å². The minimum atomic E-state index is -0.292. The summed E-state index contributed by atoms with van der Waals surface area (Å²) in [7, 11) is 0. The molecule has 0 fully saturated rings. The number of halogens is 1. The fourth-order valence-corrected chi connectivity index (χ4v) is 3.32. The van der Waals surface area contributed by atoms with Crippen molar-refractivity contribution in [2.45, 2.75) is 37.7 Å². The van der Waals surface area contributed by atoms with Crippen LogP contribution in [0.1, 0.15) is 24.6 Å². The molecule has 0 saturated carbocycles. The first-order chi connectivity index (χ1) is 11.6. The van der Waals surface area contributed by atoms with E-state index >= 15 is 0 Å². The molecule has 0 aliphatic rings. The number of hydrogen-bond acceptors (Lipinski definition) is 5. The third-order valence-electron chi connectivity index (χ3n) is 3.64. The standard InChI is InChI=1S/C16H17FN4O2S/c1-3-8-21-15(22)18-19-16(21)24-9-13-10(2)14(23-20-13)11-4-6-12(17)7-5-11/h4-7H,3,8-9H2,1-2H3,(H,18,22). The molecule has 0 unspecified atom stereocenters. The first kappa shape index (κ1) is 16.5. The third kappa shape index (κ3) is 3.28. The van der Waals surface area contributed by atoms with Crippen molar-refractivity contribution in [3.05, 3.63) is 51.8 Å². The van der Waals surface area contributed by atoms with Gasteiger partial charge in [0.1, 0.15) is 5.82 Å². The summed E-state index contributed by atoms with van der Waals surface area (Å²) in [5.41, 5.74) is 2.25. The number of thioether (sulfide) groups is 1. The molecule has 2 aromatic heterocycles. The van der Waals surface area contributed by atoms with Crippen molar-refractivity contribution in [1.82, 2.24) is 19.9 Å². The number of aromatic nitrogens is 4. The second-order valence-corrected chi connectivity index (χ2v) is 6.28. The van der Waals surface area contributed by atoms with E-state index in [2.05, 4.69) is 15.4 Å². The average molecular weight is 348 g/mol. The molecule has 8 heteroatoms. The molecule has 0 aliphatic carbocycles. The Morgan fingerprint density at radius 2 is 2.08 bits per heavy atom. The van der Waals surface area contributed by atoms with Crippen molar-refractivity contribution in [3.8, 4) is 11.3 Å². The first-order valence-electron chi connectivity index (χ1n) is 7.59. The Labute approximate surface area is 142 Å². The smallest absolute Gasteiger partial charge is 0.343 e. The van der Waals surface area contributed by atoms with Crippen molar-refractivity contribution < 1.29 is 8.91 Å². The molecule has 0 spiro atoms. The summed E-state index contributed by atoms with van der Waals surface area (Å²) in [4.78, 5) is 11.7. The van der Waals surface area contributed by atoms with Gasteiger partial charge in [-0.05, 0) is 37.6 Å². The SMILES string of the molecule is CCCn1c(SCc2noc(-c3ccc(F)cc3)c2C)n[nH]c1=O. The van der Waals surface area contributed by atoms with Crippen LogP contribution >= 0.6 is 11.8 Å². The summed E-state index contributed by atoms with van der Waals surface area (Å²) >= 11 is 1.42. The molecule has 0 bridgehead atoms. The van der Waals surface area contributed by atoms with Crippen LogP contribution in [0.15, 0.2) is 38.7 Å². The Morgan fingerprint density at radius 3 is 2.79 bits per heavy atom. The van der Waals surface area contributed by atoms with Gasteiger partial charge in [0, 0.05) is 23.4 Å². The highest BCUT2D eigenvalue weighted by Gasteiger charge is 2.16. The minimum Gasteiger partial charge on any atom is -0.356 e. The zero-order valence-electron chi connectivity index (χ0n) is 13.4. The van der Waals surface area contributed by atoms with E-state index in [-0.39, 0.29) is 11.5 Å². The highest BCUT2D eigenvalue weighted by atomic mass is 32.2. The third-order valence-corrected chi connectivity index (χ3v) is 4.62. The summed E-state index contributed by atoms with van der Waals surface area (Å²) < 4.78 is 20.1. The molecular weight excluding hydrogens is 331 g/mol. The maximum Gasteiger partial charge on any atom is 0.343 e. The van der Waals surface area contributed by atoms with Crippen LogP contribution in [0.2, 0.25) is 0 Å². The van der Waals surface area contributed by atoms with E-state index < -0.39 is 0 Å². The summed E-state index contributed by atoms with van der Waals surface area (Å²) in [6.45, 7) is 4.54. The zero-order chi connectivity index (χ0) is 17.1. The summed E-state index contributed by atoms with van der Waals surface area (Å²) in [6.07, 6.45) is 0.852. The highest BCUT2D eigenvalue weighted by molar-refractivity contribution is 7.98. The van der Waals surface area contributed by atoms with Gasteiger partial charge in [-0.2, -0.15) is 0 Å². The lowest BCUT2D eigenvalue weighted by Crippen LogP contribution is -2.17. The molecule has 0 aliphatic heterocycles. The Hall–Kier alpha value is -2.35. The van der Waals surface area contributed by atoms with Gasteiger partial charge in [0.2, 0.25) is 0 Å². The Kier molecular flexibility index (Phi) is 4.84. The molecule has 2 heterocycles. The lowest BCUT2D eigenvalue weighted by Gasteiger charge is -2.02. The first-order valence-corrected chi connectivity index (χ1v) is 8.57. The van der Waals surface area contributed by atoms with E-state index in [1.807, 2.05) is 13.8 Å². The molecule has 3 aromatic rings. The second kappa shape index (κ2) is 7.04. The van der Waals surface area contributed by atoms with Gasteiger partial charge < -0.3 is 4.52 Å². The van der Waals surface area contributed by atoms with E-state index in [1.54, 1.807) is 16.7 Å². The molecule has 1 N–H and O–H groups in total. The highest BCUT2D eigenvalue weighted by Crippen LogP contribution is 2.29. The van der Waals surface area contributed by atoms with Gasteiger partial charge in [-0.1, -0.05) is 23.8 Å². The molecule has 0 atom stereocenters. The topological polar surface area (TPSA) is 76.7 Å². The molecule has 0 radical (unpaired) electrons. The number of aromatic amines is 1. The van der Waals surface area contributed by atoms with Crippen LogP contribution in [-0.4, -0.2) is 19.9 Å². The van der Waals surface area contributed by atoms with E-state index in [1.165, 1.54) is 23.9 Å². The van der Waals surface area contributed by atoms with E-state index in [9.17, 15) is 9.18 Å². The van der Waals surface area contributed by atoms with Crippen LogP contribution in [0.5, 0.6) is 0 Å². The van der Waals surface area contributed by atoms with Gasteiger partial charge in [0.05, 0.1) is 5.69 Å². The number of nitrogens with zero attached hydrogens (tertiary/aromatic N) is 3. The van der Waals surface area contributed by atoms with E-state index in [0.29, 0.717) is 23.2 Å². The number of nitrogens with one attached hydrogen (secondary N) is 1. The van der Waals surface area contributed by atoms with Crippen LogP contribution in [0.3, 0.4) is 0 Å². The van der Waals surface area contributed by atoms with Gasteiger partial charge in [0.25, 0.3) is 0 Å². The average Bonchev–Trinajstić information content (AvgIpc) is 3.11. The van der Waals surface area contributed by atoms with Crippen LogP contribution in [0.25, 0.3) is 11.3 Å². The largest absolute Gasteiger partial charge is 0.356 e. The van der Waals surface area contributed by atoms with Crippen LogP contribution < -0.4 is 5.69 Å². The number of hydrogen-bond donors (Lipinski definition) is 1. The maximum absolute atomic E-state index is 13.0. The Balaban J connectivity index is 1.77. The van der Waals surface area contributed by atoms with Gasteiger partial charge >= 0.3 is 5.69 Å². The van der Waals surface area contributed by atoms with Crippen LogP contribution in [-0.2, 0) is 12.3 Å². The Morgan fingerprint density at radius 1 is 1.33 bits per heavy atom. The summed E-state index contributed by atoms with van der Waals surface area (Å²) in [6, 6.07) is 6.09. The van der Waals surface area contributed by atoms with Crippen LogP contribution in [0.4, 0.5) is 4.39 Å². The van der Waals surface area contributed by atoms with Crippen molar-refractivity contribution in [2.75, 3.05) is 0 Å². The fraction of sp³-hybridized carbons (Fsp3) is 0.312. The van der Waals surface area contributed by atoms with Gasteiger partial charge in [0.15, 0.2) is 10.9 Å². The second-order valence-electron chi connectivity index (χ2n) is 5.34. The van der Waals surface area contributed by atoms with Crippen molar-refractivity contribution >= 4 is 11.8 Å². The van der Waals surface area contributed by atoms with Crippen LogP contribution in [0, 0.1) is 12.7 Å². The molecule has 0 saturated heterocycles. The zero-order valence-corrected chi connectivity index (χ0v) is 14.2. The molecule has 24 heavy (non-hydrogen) atoms. The van der Waals surface area contributed by atoms with Gasteiger partial charge in [-0.25, -0.2) is 14.3 Å². The number of H-pyrrole nitrogens is 1. The van der Waals surface area contributed by atoms with E-state index in [0.717, 1.165) is 23.2 Å². The predicted octanol–water partition coefficient (Wildman–Crippen LogP) is 3.38. The number of benzene rings is 1. The van der Waals surface area contributed by atoms with Gasteiger partial charge in [-0.3, -0.25) is 4.57 Å². The fourth-order valence-electron chi connectivity index (χ4n) is 2.34. The molecule has 6 nitrogen and oxygen atoms in total. The maximum atomic E-state index is 13.0. The minimum absolute atomic E-state index is 0.205. The number of rotatable bonds is 6. The van der Waals surface area contributed by atoms with Crippen molar-refractivity contribution in [3.63, 3.8) is 0 Å². The molecule has 0 amide bonds. The predicted molar refractivity (Wildman–Crippen MR) is 89.3 cm³/mol. The van der Waals surface area contributed by atoms with Crippen molar-refractivity contribution in [1.29, 1.82) is 0 Å². The molecule has 3 rings (SSSR count). The quantitative estimate of drug-likeness (QED) is 0.691. The summed E-state index contributed by atoms with van der Waals surface area (Å²) in [5.74, 6) is 0.863.